The number of phenols is 1. The number of benzene rings is 3. The molecule has 1 aliphatic heterocycles. The fourth-order valence-electron chi connectivity index (χ4n) is 6.86. The first-order valence-corrected chi connectivity index (χ1v) is 22.8. The number of carboxylic acid groups (broad SMARTS) is 1. The van der Waals surface area contributed by atoms with Crippen LogP contribution < -0.4 is 15.0 Å². The summed E-state index contributed by atoms with van der Waals surface area (Å²) in [7, 11) is 0. The van der Waals surface area contributed by atoms with Crippen molar-refractivity contribution >= 4 is 44.9 Å². The van der Waals surface area contributed by atoms with Crippen LogP contribution in [0.1, 0.15) is 74.2 Å². The number of phenolic OH excluding ortho intramolecular Hbond substituents is 1. The number of aromatic hydroxyl groups is 1. The molecule has 0 bridgehead atoms. The van der Waals surface area contributed by atoms with E-state index in [0.717, 1.165) is 87.0 Å². The second-order valence-corrected chi connectivity index (χ2v) is 16.0. The summed E-state index contributed by atoms with van der Waals surface area (Å²) in [6.45, 7) is 6.94. The highest BCUT2D eigenvalue weighted by molar-refractivity contribution is 7.22. The minimum Gasteiger partial charge on any atom is -0.508 e. The van der Waals surface area contributed by atoms with E-state index in [-0.39, 0.29) is 30.5 Å². The summed E-state index contributed by atoms with van der Waals surface area (Å²) >= 11 is 1.39. The second-order valence-electron chi connectivity index (χ2n) is 14.9. The number of nitrogens with zero attached hydrogens (tertiary/aromatic N) is 2. The zero-order valence-electron chi connectivity index (χ0n) is 36.3. The van der Waals surface area contributed by atoms with E-state index in [9.17, 15) is 24.6 Å². The molecule has 5 rings (SSSR count). The van der Waals surface area contributed by atoms with Gasteiger partial charge in [0, 0.05) is 70.9 Å². The van der Waals surface area contributed by atoms with E-state index in [1.807, 2.05) is 12.2 Å². The quantitative estimate of drug-likeness (QED) is 0.0444. The SMILES string of the molecule is CCC=CCC=CCC=CCC=CCC=CCC=CCCC(=O)NCCN(C(=O)O)c1ccc(-c2sc3cc(O)ccc3c2C(=O)c2ccc(OCCN3CCOCC3)cc2)cc1. The molecule has 1 fully saturated rings. The van der Waals surface area contributed by atoms with Gasteiger partial charge in [-0.1, -0.05) is 92.0 Å². The van der Waals surface area contributed by atoms with Gasteiger partial charge in [0.25, 0.3) is 0 Å². The minimum atomic E-state index is -1.14. The molecule has 4 aromatic rings. The van der Waals surface area contributed by atoms with Crippen molar-refractivity contribution in [3.05, 3.63) is 151 Å². The molecule has 2 amide bonds. The molecule has 0 spiro atoms. The van der Waals surface area contributed by atoms with Gasteiger partial charge in [0.05, 0.1) is 13.2 Å². The number of rotatable bonds is 25. The minimum absolute atomic E-state index is 0.0686. The van der Waals surface area contributed by atoms with Gasteiger partial charge in [-0.2, -0.15) is 0 Å². The number of amides is 2. The third-order valence-electron chi connectivity index (χ3n) is 10.3. The molecule has 0 atom stereocenters. The van der Waals surface area contributed by atoms with Crippen LogP contribution >= 0.6 is 11.3 Å². The molecule has 0 aliphatic carbocycles. The van der Waals surface area contributed by atoms with E-state index in [4.69, 9.17) is 9.47 Å². The Hall–Kier alpha value is -6.01. The molecular weight excluding hydrogens is 811 g/mol. The highest BCUT2D eigenvalue weighted by Crippen LogP contribution is 2.41. The Morgan fingerprint density at radius 2 is 1.40 bits per heavy atom. The standard InChI is InChI=1S/C52H61N3O7S/c1-2-3-4-5-6-7-8-9-10-11-12-13-14-15-16-17-18-19-20-21-48(57)53-32-33-55(52(59)60)43-26-22-42(23-27-43)51-49(46-31-28-44(56)40-47(46)63-51)50(58)41-24-29-45(30-25-41)62-39-36-54-34-37-61-38-35-54/h3-4,6-7,9-10,12-13,15-16,18-19,22-31,40,56H,2,5,8,11,14,17,20-21,32-39H2,1H3,(H,53,57)(H,59,60). The predicted octanol–water partition coefficient (Wildman–Crippen LogP) is 11.3. The van der Waals surface area contributed by atoms with Gasteiger partial charge >= 0.3 is 6.09 Å². The Kier molecular flexibility index (Phi) is 20.7. The summed E-state index contributed by atoms with van der Waals surface area (Å²) in [5.41, 5.74) is 2.18. The number of anilines is 1. The summed E-state index contributed by atoms with van der Waals surface area (Å²) < 4.78 is 12.1. The normalized spacial score (nSPS) is 13.8. The third-order valence-corrected chi connectivity index (χ3v) is 11.5. The van der Waals surface area contributed by atoms with Gasteiger partial charge in [-0.3, -0.25) is 19.4 Å². The zero-order valence-corrected chi connectivity index (χ0v) is 37.1. The Balaban J connectivity index is 1.06. The van der Waals surface area contributed by atoms with Crippen LogP contribution in [0.15, 0.2) is 140 Å². The zero-order chi connectivity index (χ0) is 44.5. The van der Waals surface area contributed by atoms with Crippen LogP contribution in [0, 0.1) is 0 Å². The number of carbonyl (C=O) groups is 3. The maximum atomic E-state index is 14.1. The molecule has 0 unspecified atom stereocenters. The molecule has 1 aliphatic rings. The first-order chi connectivity index (χ1) is 30.8. The lowest BCUT2D eigenvalue weighted by atomic mass is 9.97. The van der Waals surface area contributed by atoms with E-state index in [1.165, 1.54) is 16.2 Å². The van der Waals surface area contributed by atoms with E-state index < -0.39 is 6.09 Å². The maximum absolute atomic E-state index is 14.1. The van der Waals surface area contributed by atoms with E-state index in [1.54, 1.807) is 66.7 Å². The van der Waals surface area contributed by atoms with Crippen molar-refractivity contribution in [1.82, 2.24) is 10.2 Å². The number of thiophene rings is 1. The summed E-state index contributed by atoms with van der Waals surface area (Å²) in [5, 5.41) is 23.9. The number of morpholine rings is 1. The lowest BCUT2D eigenvalue weighted by Gasteiger charge is -2.26. The van der Waals surface area contributed by atoms with Crippen molar-refractivity contribution in [2.24, 2.45) is 0 Å². The summed E-state index contributed by atoms with van der Waals surface area (Å²) in [5.74, 6) is 0.462. The largest absolute Gasteiger partial charge is 0.508 e. The first kappa shape index (κ1) is 48.0. The van der Waals surface area contributed by atoms with Crippen molar-refractivity contribution in [3.63, 3.8) is 0 Å². The van der Waals surface area contributed by atoms with Gasteiger partial charge in [0.2, 0.25) is 5.91 Å². The second kappa shape index (κ2) is 27.1. The number of ketones is 1. The van der Waals surface area contributed by atoms with Crippen LogP contribution in [0.5, 0.6) is 11.5 Å². The molecule has 63 heavy (non-hydrogen) atoms. The van der Waals surface area contributed by atoms with Crippen molar-refractivity contribution < 1.29 is 34.1 Å². The Bertz CT molecular complexity index is 2230. The predicted molar refractivity (Wildman–Crippen MR) is 257 cm³/mol. The molecule has 2 heterocycles. The Labute approximate surface area is 376 Å². The molecule has 1 aromatic heterocycles. The average molecular weight is 872 g/mol. The monoisotopic (exact) mass is 871 g/mol. The topological polar surface area (TPSA) is 129 Å². The number of hydrogen-bond donors (Lipinski definition) is 3. The van der Waals surface area contributed by atoms with Gasteiger partial charge in [-0.05, 0) is 105 Å². The van der Waals surface area contributed by atoms with E-state index in [2.05, 4.69) is 77.9 Å². The van der Waals surface area contributed by atoms with Crippen LogP contribution in [0.4, 0.5) is 10.5 Å². The van der Waals surface area contributed by atoms with Crippen LogP contribution in [-0.4, -0.2) is 85.4 Å². The van der Waals surface area contributed by atoms with Crippen LogP contribution in [-0.2, 0) is 9.53 Å². The number of ether oxygens (including phenoxy) is 2. The van der Waals surface area contributed by atoms with Gasteiger partial charge in [0.1, 0.15) is 18.1 Å². The number of nitrogens with one attached hydrogen (secondary N) is 1. The first-order valence-electron chi connectivity index (χ1n) is 21.9. The van der Waals surface area contributed by atoms with Crippen LogP contribution in [0.2, 0.25) is 0 Å². The van der Waals surface area contributed by atoms with Gasteiger partial charge < -0.3 is 25.0 Å². The molecule has 10 nitrogen and oxygen atoms in total. The molecule has 0 radical (unpaired) electrons. The highest BCUT2D eigenvalue weighted by Gasteiger charge is 2.23. The highest BCUT2D eigenvalue weighted by atomic mass is 32.1. The molecule has 332 valence electrons. The molecule has 0 saturated carbocycles. The molecule has 3 aromatic carbocycles. The fourth-order valence-corrected chi connectivity index (χ4v) is 8.09. The van der Waals surface area contributed by atoms with E-state index >= 15 is 0 Å². The number of fused-ring (bicyclic) bond motifs is 1. The van der Waals surface area contributed by atoms with Crippen molar-refractivity contribution in [2.75, 3.05) is 57.4 Å². The van der Waals surface area contributed by atoms with Gasteiger partial charge in [0.15, 0.2) is 5.78 Å². The number of hydrogen-bond acceptors (Lipinski definition) is 8. The maximum Gasteiger partial charge on any atom is 0.411 e. The summed E-state index contributed by atoms with van der Waals surface area (Å²) in [6.07, 6.45) is 31.1. The summed E-state index contributed by atoms with van der Waals surface area (Å²) in [4.78, 5) is 43.2. The number of carbonyl (C=O) groups excluding carboxylic acids is 2. The molecule has 11 heteroatoms. The average Bonchev–Trinajstić information content (AvgIpc) is 3.67. The van der Waals surface area contributed by atoms with Crippen LogP contribution in [0.25, 0.3) is 20.5 Å². The third kappa shape index (κ3) is 16.3. The molecule has 3 N–H and O–H groups in total. The smallest absolute Gasteiger partial charge is 0.411 e. The van der Waals surface area contributed by atoms with Crippen LogP contribution in [0.3, 0.4) is 0 Å². The molecule has 1 saturated heterocycles. The van der Waals surface area contributed by atoms with E-state index in [0.29, 0.717) is 46.9 Å². The number of allylic oxidation sites excluding steroid dienone is 12. The van der Waals surface area contributed by atoms with Crippen molar-refractivity contribution in [2.45, 2.75) is 58.3 Å². The lowest BCUT2D eigenvalue weighted by molar-refractivity contribution is -0.120. The van der Waals surface area contributed by atoms with Crippen molar-refractivity contribution in [3.8, 4) is 21.9 Å². The lowest BCUT2D eigenvalue weighted by Crippen LogP contribution is -2.38. The van der Waals surface area contributed by atoms with Gasteiger partial charge in [-0.25, -0.2) is 4.79 Å². The van der Waals surface area contributed by atoms with Crippen molar-refractivity contribution in [1.29, 1.82) is 0 Å². The Morgan fingerprint density at radius 3 is 2.00 bits per heavy atom. The summed E-state index contributed by atoms with van der Waals surface area (Å²) in [6, 6.07) is 19.1. The fraction of sp³-hybridized carbons (Fsp3) is 0.327. The van der Waals surface area contributed by atoms with Gasteiger partial charge in [-0.15, -0.1) is 11.3 Å². The molecular formula is C52H61N3O7S. The Morgan fingerprint density at radius 1 is 0.794 bits per heavy atom.